The molecule has 1 N–H and O–H groups in total. The Morgan fingerprint density at radius 3 is 2.62 bits per heavy atom. The molecule has 1 aromatic rings. The molecule has 2 atom stereocenters. The summed E-state index contributed by atoms with van der Waals surface area (Å²) in [6.07, 6.45) is -3.20. The number of amides is 2. The van der Waals surface area contributed by atoms with Crippen LogP contribution in [0.5, 0.6) is 0 Å². The Morgan fingerprint density at radius 1 is 1.35 bits per heavy atom. The average Bonchev–Trinajstić information content (AvgIpc) is 2.59. The Labute approximate surface area is 150 Å². The van der Waals surface area contributed by atoms with Crippen molar-refractivity contribution in [2.24, 2.45) is 0 Å². The van der Waals surface area contributed by atoms with Gasteiger partial charge < -0.3 is 24.4 Å². The zero-order valence-corrected chi connectivity index (χ0v) is 14.7. The van der Waals surface area contributed by atoms with Gasteiger partial charge in [-0.15, -0.1) is 0 Å². The Kier molecular flexibility index (Phi) is 5.93. The molecule has 0 bridgehead atoms. The van der Waals surface area contributed by atoms with E-state index < -0.39 is 30.1 Å². The van der Waals surface area contributed by atoms with Crippen molar-refractivity contribution in [2.45, 2.75) is 19.1 Å². The van der Waals surface area contributed by atoms with E-state index in [-0.39, 0.29) is 19.1 Å². The Balaban J connectivity index is 2.29. The number of anilines is 1. The molecule has 1 aromatic carbocycles. The summed E-state index contributed by atoms with van der Waals surface area (Å²) in [6.45, 7) is 1.30. The minimum absolute atomic E-state index is 0.0628. The number of nitrogens with zero attached hydrogens (tertiary/aromatic N) is 2. The molecule has 26 heavy (non-hydrogen) atoms. The van der Waals surface area contributed by atoms with Crippen LogP contribution in [-0.2, 0) is 23.9 Å². The predicted octanol–water partition coefficient (Wildman–Crippen LogP) is 0.137. The van der Waals surface area contributed by atoms with E-state index in [4.69, 9.17) is 9.47 Å². The molecule has 1 fully saturated rings. The normalized spacial score (nSPS) is 18.2. The van der Waals surface area contributed by atoms with Gasteiger partial charge in [-0.1, -0.05) is 6.07 Å². The lowest BCUT2D eigenvalue weighted by Crippen LogP contribution is -2.55. The van der Waals surface area contributed by atoms with Crippen LogP contribution in [0.25, 0.3) is 0 Å². The van der Waals surface area contributed by atoms with Gasteiger partial charge in [-0.05, 0) is 18.2 Å². The van der Waals surface area contributed by atoms with Crippen molar-refractivity contribution in [3.8, 4) is 0 Å². The van der Waals surface area contributed by atoms with Crippen molar-refractivity contribution in [2.75, 3.05) is 32.1 Å². The van der Waals surface area contributed by atoms with Crippen LogP contribution in [0.4, 0.5) is 5.69 Å². The maximum Gasteiger partial charge on any atom is 0.348 e. The molecule has 1 aliphatic rings. The number of carboxylic acids is 1. The van der Waals surface area contributed by atoms with Crippen molar-refractivity contribution < 1.29 is 33.8 Å². The van der Waals surface area contributed by atoms with Gasteiger partial charge in [0.05, 0.1) is 6.61 Å². The van der Waals surface area contributed by atoms with E-state index in [0.717, 1.165) is 6.92 Å². The summed E-state index contributed by atoms with van der Waals surface area (Å²) in [5.74, 6) is -3.19. The standard InChI is InChI=1S/C17H20N2O7/c1-10(20)26-14(17(23)24)13-16(22)19(7-8-25-13)12-6-4-5-11(9-12)15(21)18(2)3/h4-6,9,13-14H,7-8H2,1-3H3,(H,23,24). The van der Waals surface area contributed by atoms with Crippen molar-refractivity contribution in [1.82, 2.24) is 4.90 Å². The van der Waals surface area contributed by atoms with Crippen LogP contribution in [-0.4, -0.2) is 73.2 Å². The number of carbonyl (C=O) groups is 4. The number of aliphatic carboxylic acids is 1. The third-order valence-corrected chi connectivity index (χ3v) is 3.74. The van der Waals surface area contributed by atoms with Gasteiger partial charge in [0.1, 0.15) is 0 Å². The molecule has 9 heteroatoms. The fourth-order valence-corrected chi connectivity index (χ4v) is 2.56. The van der Waals surface area contributed by atoms with E-state index in [1.54, 1.807) is 38.4 Å². The molecule has 0 saturated carbocycles. The quantitative estimate of drug-likeness (QED) is 0.739. The Hall–Kier alpha value is -2.94. The van der Waals surface area contributed by atoms with Gasteiger partial charge in [0.15, 0.2) is 6.10 Å². The Bertz CT molecular complexity index is 732. The maximum atomic E-state index is 12.7. The van der Waals surface area contributed by atoms with E-state index in [1.165, 1.54) is 9.80 Å². The minimum Gasteiger partial charge on any atom is -0.478 e. The first-order valence-electron chi connectivity index (χ1n) is 7.87. The van der Waals surface area contributed by atoms with E-state index in [1.807, 2.05) is 0 Å². The summed E-state index contributed by atoms with van der Waals surface area (Å²) < 4.78 is 9.99. The molecule has 1 heterocycles. The lowest BCUT2D eigenvalue weighted by Gasteiger charge is -2.34. The van der Waals surface area contributed by atoms with E-state index in [9.17, 15) is 24.3 Å². The highest BCUT2D eigenvalue weighted by molar-refractivity contribution is 6.02. The number of hydrogen-bond acceptors (Lipinski definition) is 6. The fraction of sp³-hybridized carbons (Fsp3) is 0.412. The van der Waals surface area contributed by atoms with Gasteiger partial charge in [0.2, 0.25) is 6.10 Å². The number of hydrogen-bond donors (Lipinski definition) is 1. The predicted molar refractivity (Wildman–Crippen MR) is 89.7 cm³/mol. The summed E-state index contributed by atoms with van der Waals surface area (Å²) in [5.41, 5.74) is 0.820. The number of benzene rings is 1. The molecule has 0 aliphatic carbocycles. The van der Waals surface area contributed by atoms with Gasteiger partial charge in [0.25, 0.3) is 11.8 Å². The third kappa shape index (κ3) is 4.17. The van der Waals surface area contributed by atoms with Crippen molar-refractivity contribution in [3.63, 3.8) is 0 Å². The molecule has 1 saturated heterocycles. The molecule has 0 spiro atoms. The number of rotatable bonds is 5. The van der Waals surface area contributed by atoms with Crippen LogP contribution in [0.15, 0.2) is 24.3 Å². The van der Waals surface area contributed by atoms with Crippen LogP contribution in [0.1, 0.15) is 17.3 Å². The zero-order chi connectivity index (χ0) is 19.4. The van der Waals surface area contributed by atoms with Crippen molar-refractivity contribution in [1.29, 1.82) is 0 Å². The topological polar surface area (TPSA) is 113 Å². The van der Waals surface area contributed by atoms with Crippen molar-refractivity contribution in [3.05, 3.63) is 29.8 Å². The maximum absolute atomic E-state index is 12.7. The van der Waals surface area contributed by atoms with E-state index in [0.29, 0.717) is 11.3 Å². The molecule has 0 radical (unpaired) electrons. The summed E-state index contributed by atoms with van der Waals surface area (Å²) in [6, 6.07) is 6.43. The lowest BCUT2D eigenvalue weighted by atomic mass is 10.1. The second-order valence-electron chi connectivity index (χ2n) is 5.90. The Morgan fingerprint density at radius 2 is 2.04 bits per heavy atom. The molecular weight excluding hydrogens is 344 g/mol. The van der Waals surface area contributed by atoms with Gasteiger partial charge in [-0.2, -0.15) is 0 Å². The molecule has 9 nitrogen and oxygen atoms in total. The molecule has 1 aliphatic heterocycles. The molecule has 2 rings (SSSR count). The monoisotopic (exact) mass is 364 g/mol. The zero-order valence-electron chi connectivity index (χ0n) is 14.7. The van der Waals surface area contributed by atoms with Gasteiger partial charge in [-0.3, -0.25) is 14.4 Å². The SMILES string of the molecule is CC(=O)OC(C(=O)O)C1OCCN(c2cccc(C(=O)N(C)C)c2)C1=O. The van der Waals surface area contributed by atoms with Crippen LogP contribution >= 0.6 is 0 Å². The first-order chi connectivity index (χ1) is 12.2. The third-order valence-electron chi connectivity index (χ3n) is 3.74. The highest BCUT2D eigenvalue weighted by Crippen LogP contribution is 2.23. The summed E-state index contributed by atoms with van der Waals surface area (Å²) in [7, 11) is 3.23. The lowest BCUT2D eigenvalue weighted by molar-refractivity contribution is -0.177. The van der Waals surface area contributed by atoms with E-state index in [2.05, 4.69) is 0 Å². The fourth-order valence-electron chi connectivity index (χ4n) is 2.56. The first kappa shape index (κ1) is 19.4. The number of ether oxygens (including phenoxy) is 2. The second kappa shape index (κ2) is 7.96. The minimum atomic E-state index is -1.74. The summed E-state index contributed by atoms with van der Waals surface area (Å²) >= 11 is 0. The van der Waals surface area contributed by atoms with Crippen LogP contribution in [0.3, 0.4) is 0 Å². The van der Waals surface area contributed by atoms with Gasteiger partial charge >= 0.3 is 11.9 Å². The molecule has 140 valence electrons. The van der Waals surface area contributed by atoms with Crippen LogP contribution in [0, 0.1) is 0 Å². The molecular formula is C17H20N2O7. The second-order valence-corrected chi connectivity index (χ2v) is 5.90. The number of carboxylic acid groups (broad SMARTS) is 1. The highest BCUT2D eigenvalue weighted by Gasteiger charge is 2.42. The molecule has 0 aromatic heterocycles. The first-order valence-corrected chi connectivity index (χ1v) is 7.87. The van der Waals surface area contributed by atoms with Gasteiger partial charge in [-0.25, -0.2) is 4.79 Å². The van der Waals surface area contributed by atoms with E-state index >= 15 is 0 Å². The summed E-state index contributed by atoms with van der Waals surface area (Å²) in [4.78, 5) is 50.1. The smallest absolute Gasteiger partial charge is 0.348 e. The largest absolute Gasteiger partial charge is 0.478 e. The summed E-state index contributed by atoms with van der Waals surface area (Å²) in [5, 5.41) is 9.25. The molecule has 2 amide bonds. The number of morpholine rings is 1. The highest BCUT2D eigenvalue weighted by atomic mass is 16.6. The molecule has 2 unspecified atom stereocenters. The van der Waals surface area contributed by atoms with Crippen LogP contribution < -0.4 is 4.90 Å². The van der Waals surface area contributed by atoms with Crippen molar-refractivity contribution >= 4 is 29.4 Å². The number of esters is 1. The van der Waals surface area contributed by atoms with Crippen LogP contribution in [0.2, 0.25) is 0 Å². The van der Waals surface area contributed by atoms with Gasteiger partial charge in [0, 0.05) is 38.8 Å². The number of carbonyl (C=O) groups excluding carboxylic acids is 3. The average molecular weight is 364 g/mol.